The Morgan fingerprint density at radius 3 is 2.65 bits per heavy atom. The number of nitrogens with zero attached hydrogens (tertiary/aromatic N) is 2. The number of halogens is 1. The number of pyridine rings is 1. The fourth-order valence-corrected chi connectivity index (χ4v) is 2.69. The molecule has 126 valence electrons. The molecule has 0 atom stereocenters. The molecule has 2 heterocycles. The second-order valence-corrected chi connectivity index (χ2v) is 6.98. The van der Waals surface area contributed by atoms with Crippen LogP contribution in [0.5, 0.6) is 0 Å². The van der Waals surface area contributed by atoms with Crippen molar-refractivity contribution in [3.8, 4) is 0 Å². The van der Waals surface area contributed by atoms with E-state index in [0.717, 1.165) is 37.9 Å². The van der Waals surface area contributed by atoms with Gasteiger partial charge in [-0.1, -0.05) is 11.6 Å². The van der Waals surface area contributed by atoms with Crippen molar-refractivity contribution in [1.82, 2.24) is 10.3 Å². The molecule has 1 aliphatic heterocycles. The smallest absolute Gasteiger partial charge is 0.407 e. The number of anilines is 1. The number of carbonyl (C=O) groups is 2. The summed E-state index contributed by atoms with van der Waals surface area (Å²) in [4.78, 5) is 29.0. The van der Waals surface area contributed by atoms with E-state index in [2.05, 4.69) is 15.2 Å². The van der Waals surface area contributed by atoms with Crippen LogP contribution in [0.2, 0.25) is 5.15 Å². The van der Waals surface area contributed by atoms with Crippen molar-refractivity contribution in [2.75, 3.05) is 18.0 Å². The van der Waals surface area contributed by atoms with Crippen LogP contribution in [0.3, 0.4) is 0 Å². The van der Waals surface area contributed by atoms with E-state index < -0.39 is 11.7 Å². The lowest BCUT2D eigenvalue weighted by atomic mass is 10.0. The van der Waals surface area contributed by atoms with Gasteiger partial charge in [-0.3, -0.25) is 4.79 Å². The summed E-state index contributed by atoms with van der Waals surface area (Å²) in [5, 5.41) is 3.25. The van der Waals surface area contributed by atoms with E-state index in [-0.39, 0.29) is 6.04 Å². The Labute approximate surface area is 141 Å². The van der Waals surface area contributed by atoms with Gasteiger partial charge < -0.3 is 15.0 Å². The summed E-state index contributed by atoms with van der Waals surface area (Å²) in [6.07, 6.45) is 3.42. The van der Waals surface area contributed by atoms with Gasteiger partial charge in [0.2, 0.25) is 0 Å². The van der Waals surface area contributed by atoms with Crippen molar-refractivity contribution in [2.45, 2.75) is 45.3 Å². The summed E-state index contributed by atoms with van der Waals surface area (Å²) in [7, 11) is 0. The molecular formula is C16H22ClN3O3. The highest BCUT2D eigenvalue weighted by Gasteiger charge is 2.24. The van der Waals surface area contributed by atoms with Gasteiger partial charge in [-0.25, -0.2) is 9.78 Å². The number of alkyl carbamates (subject to hydrolysis) is 1. The van der Waals surface area contributed by atoms with E-state index in [4.69, 9.17) is 16.3 Å². The zero-order valence-electron chi connectivity index (χ0n) is 13.6. The second-order valence-electron chi connectivity index (χ2n) is 6.59. The van der Waals surface area contributed by atoms with Gasteiger partial charge in [0.25, 0.3) is 0 Å². The third kappa shape index (κ3) is 5.10. The molecule has 1 aromatic rings. The first-order valence-corrected chi connectivity index (χ1v) is 8.01. The Morgan fingerprint density at radius 1 is 1.43 bits per heavy atom. The number of piperidine rings is 1. The van der Waals surface area contributed by atoms with E-state index in [9.17, 15) is 9.59 Å². The highest BCUT2D eigenvalue weighted by molar-refractivity contribution is 6.29. The van der Waals surface area contributed by atoms with Gasteiger partial charge in [0.05, 0.1) is 11.3 Å². The Morgan fingerprint density at radius 2 is 2.09 bits per heavy atom. The number of rotatable bonds is 3. The molecular weight excluding hydrogens is 318 g/mol. The second kappa shape index (κ2) is 7.17. The molecule has 0 spiro atoms. The maximum Gasteiger partial charge on any atom is 0.407 e. The minimum absolute atomic E-state index is 0.0677. The van der Waals surface area contributed by atoms with Gasteiger partial charge >= 0.3 is 6.09 Å². The molecule has 1 amide bonds. The summed E-state index contributed by atoms with van der Waals surface area (Å²) in [5.41, 5.74) is 0.806. The van der Waals surface area contributed by atoms with Crippen molar-refractivity contribution in [3.63, 3.8) is 0 Å². The van der Waals surface area contributed by atoms with Crippen LogP contribution >= 0.6 is 11.6 Å². The lowest BCUT2D eigenvalue weighted by Gasteiger charge is -2.34. The van der Waals surface area contributed by atoms with Crippen LogP contribution in [0.4, 0.5) is 10.5 Å². The van der Waals surface area contributed by atoms with Crippen LogP contribution in [-0.4, -0.2) is 42.1 Å². The van der Waals surface area contributed by atoms with E-state index in [1.165, 1.54) is 6.20 Å². The zero-order chi connectivity index (χ0) is 17.0. The van der Waals surface area contributed by atoms with E-state index in [1.54, 1.807) is 6.07 Å². The molecule has 1 fully saturated rings. The Bertz CT molecular complexity index is 578. The van der Waals surface area contributed by atoms with Gasteiger partial charge in [-0.05, 0) is 39.7 Å². The number of carbonyl (C=O) groups excluding carboxylic acids is 2. The summed E-state index contributed by atoms with van der Waals surface area (Å²) in [5.74, 6) is 0. The predicted molar refractivity (Wildman–Crippen MR) is 89.2 cm³/mol. The zero-order valence-corrected chi connectivity index (χ0v) is 14.4. The molecule has 0 aromatic carbocycles. The Hall–Kier alpha value is -1.82. The van der Waals surface area contributed by atoms with E-state index in [0.29, 0.717) is 10.7 Å². The molecule has 1 aromatic heterocycles. The first kappa shape index (κ1) is 17.5. The Kier molecular flexibility index (Phi) is 5.46. The van der Waals surface area contributed by atoms with Gasteiger partial charge in [0.15, 0.2) is 6.29 Å². The maximum atomic E-state index is 11.8. The van der Waals surface area contributed by atoms with Gasteiger partial charge in [-0.2, -0.15) is 0 Å². The van der Waals surface area contributed by atoms with Crippen LogP contribution < -0.4 is 10.2 Å². The molecule has 23 heavy (non-hydrogen) atoms. The van der Waals surface area contributed by atoms with Gasteiger partial charge in [0, 0.05) is 25.3 Å². The lowest BCUT2D eigenvalue weighted by molar-refractivity contribution is 0.0497. The fourth-order valence-electron chi connectivity index (χ4n) is 2.53. The topological polar surface area (TPSA) is 71.5 Å². The van der Waals surface area contributed by atoms with Crippen LogP contribution in [0.15, 0.2) is 12.3 Å². The van der Waals surface area contributed by atoms with Crippen molar-refractivity contribution in [2.24, 2.45) is 0 Å². The summed E-state index contributed by atoms with van der Waals surface area (Å²) in [6, 6.07) is 1.77. The molecule has 0 unspecified atom stereocenters. The number of hydrogen-bond acceptors (Lipinski definition) is 5. The molecule has 1 aliphatic rings. The minimum Gasteiger partial charge on any atom is -0.444 e. The van der Waals surface area contributed by atoms with Gasteiger partial charge in [-0.15, -0.1) is 0 Å². The number of hydrogen-bond donors (Lipinski definition) is 1. The van der Waals surface area contributed by atoms with Crippen molar-refractivity contribution in [3.05, 3.63) is 23.0 Å². The molecule has 0 saturated carbocycles. The number of ether oxygens (including phenoxy) is 1. The van der Waals surface area contributed by atoms with Crippen molar-refractivity contribution < 1.29 is 14.3 Å². The monoisotopic (exact) mass is 339 g/mol. The van der Waals surface area contributed by atoms with Crippen LogP contribution in [0, 0.1) is 0 Å². The van der Waals surface area contributed by atoms with Crippen LogP contribution in [0.25, 0.3) is 0 Å². The highest BCUT2D eigenvalue weighted by atomic mass is 35.5. The SMILES string of the molecule is CC(C)(C)OC(=O)NC1CCN(c2cc(Cl)ncc2C=O)CC1. The molecule has 0 bridgehead atoms. The van der Waals surface area contributed by atoms with Gasteiger partial charge in [0.1, 0.15) is 10.8 Å². The third-order valence-corrected chi connectivity index (χ3v) is 3.77. The quantitative estimate of drug-likeness (QED) is 0.677. The first-order chi connectivity index (χ1) is 10.8. The molecule has 0 radical (unpaired) electrons. The number of aromatic nitrogens is 1. The summed E-state index contributed by atoms with van der Waals surface area (Å²) < 4.78 is 5.27. The fraction of sp³-hybridized carbons (Fsp3) is 0.562. The molecule has 2 rings (SSSR count). The van der Waals surface area contributed by atoms with Crippen LogP contribution in [-0.2, 0) is 4.74 Å². The largest absolute Gasteiger partial charge is 0.444 e. The average molecular weight is 340 g/mol. The molecule has 7 heteroatoms. The lowest BCUT2D eigenvalue weighted by Crippen LogP contribution is -2.46. The normalized spacial score (nSPS) is 16.1. The number of amides is 1. The molecule has 1 saturated heterocycles. The summed E-state index contributed by atoms with van der Waals surface area (Å²) in [6.45, 7) is 6.96. The third-order valence-electron chi connectivity index (χ3n) is 3.56. The van der Waals surface area contributed by atoms with Crippen molar-refractivity contribution in [1.29, 1.82) is 0 Å². The van der Waals surface area contributed by atoms with Crippen molar-refractivity contribution >= 4 is 29.7 Å². The highest BCUT2D eigenvalue weighted by Crippen LogP contribution is 2.25. The number of aldehydes is 1. The van der Waals surface area contributed by atoms with E-state index >= 15 is 0 Å². The number of nitrogens with one attached hydrogen (secondary N) is 1. The molecule has 6 nitrogen and oxygen atoms in total. The minimum atomic E-state index is -0.503. The average Bonchev–Trinajstić information content (AvgIpc) is 2.46. The Balaban J connectivity index is 1.93. The van der Waals surface area contributed by atoms with E-state index in [1.807, 2.05) is 20.8 Å². The van der Waals surface area contributed by atoms with Crippen LogP contribution in [0.1, 0.15) is 44.0 Å². The maximum absolute atomic E-state index is 11.8. The summed E-state index contributed by atoms with van der Waals surface area (Å²) >= 11 is 5.92. The standard InChI is InChI=1S/C16H22ClN3O3/c1-16(2,3)23-15(22)19-12-4-6-20(7-5-12)13-8-14(17)18-9-11(13)10-21/h8-10,12H,4-7H2,1-3H3,(H,19,22). The molecule has 1 N–H and O–H groups in total. The predicted octanol–water partition coefficient (Wildman–Crippen LogP) is 3.04. The first-order valence-electron chi connectivity index (χ1n) is 7.63. The molecule has 0 aliphatic carbocycles.